The number of guanidine groups is 1. The van der Waals surface area contributed by atoms with E-state index in [0.717, 1.165) is 16.9 Å². The Kier molecular flexibility index (Phi) is 7.16. The topological polar surface area (TPSA) is 72.9 Å². The standard InChI is InChI=1S/C20H28N6O/c1-21-20(24-14-16-10-11-22-18(12-16)25(2)3)23-13-15-6-8-17(9-7-15)19(27)26(4)5/h6-12H,13-14H2,1-5H3,(H2,21,23,24). The molecule has 27 heavy (non-hydrogen) atoms. The molecule has 1 heterocycles. The van der Waals surface area contributed by atoms with Crippen LogP contribution in [0.1, 0.15) is 21.5 Å². The Morgan fingerprint density at radius 1 is 1.00 bits per heavy atom. The predicted octanol–water partition coefficient (Wildman–Crippen LogP) is 1.71. The summed E-state index contributed by atoms with van der Waals surface area (Å²) in [5.74, 6) is 1.64. The number of amides is 1. The second-order valence-corrected chi connectivity index (χ2v) is 6.59. The quantitative estimate of drug-likeness (QED) is 0.600. The number of carbonyl (C=O) groups is 1. The lowest BCUT2D eigenvalue weighted by molar-refractivity contribution is 0.0827. The Morgan fingerprint density at radius 2 is 1.63 bits per heavy atom. The van der Waals surface area contributed by atoms with Crippen LogP contribution >= 0.6 is 0 Å². The molecule has 2 N–H and O–H groups in total. The van der Waals surface area contributed by atoms with E-state index in [1.54, 1.807) is 32.2 Å². The molecule has 7 nitrogen and oxygen atoms in total. The monoisotopic (exact) mass is 368 g/mol. The molecule has 2 rings (SSSR count). The SMILES string of the molecule is CN=C(NCc1ccc(C(=O)N(C)C)cc1)NCc1ccnc(N(C)C)c1. The Hall–Kier alpha value is -3.09. The second kappa shape index (κ2) is 9.56. The van der Waals surface area contributed by atoms with Gasteiger partial charge in [-0.3, -0.25) is 9.79 Å². The molecule has 0 spiro atoms. The van der Waals surface area contributed by atoms with Crippen LogP contribution < -0.4 is 15.5 Å². The lowest BCUT2D eigenvalue weighted by atomic mass is 10.1. The van der Waals surface area contributed by atoms with Crippen LogP contribution in [0, 0.1) is 0 Å². The van der Waals surface area contributed by atoms with Crippen molar-refractivity contribution in [2.75, 3.05) is 40.1 Å². The van der Waals surface area contributed by atoms with Crippen LogP contribution in [0.3, 0.4) is 0 Å². The summed E-state index contributed by atoms with van der Waals surface area (Å²) >= 11 is 0. The van der Waals surface area contributed by atoms with Gasteiger partial charge in [-0.15, -0.1) is 0 Å². The highest BCUT2D eigenvalue weighted by molar-refractivity contribution is 5.93. The van der Waals surface area contributed by atoms with E-state index >= 15 is 0 Å². The van der Waals surface area contributed by atoms with Crippen LogP contribution in [0.15, 0.2) is 47.6 Å². The number of anilines is 1. The Balaban J connectivity index is 1.88. The number of aromatic nitrogens is 1. The van der Waals surface area contributed by atoms with Crippen molar-refractivity contribution in [3.8, 4) is 0 Å². The molecule has 1 amide bonds. The number of pyridine rings is 1. The van der Waals surface area contributed by atoms with Crippen molar-refractivity contribution in [1.82, 2.24) is 20.5 Å². The number of carbonyl (C=O) groups excluding carboxylic acids is 1. The predicted molar refractivity (Wildman–Crippen MR) is 110 cm³/mol. The van der Waals surface area contributed by atoms with Crippen molar-refractivity contribution in [3.63, 3.8) is 0 Å². The fourth-order valence-electron chi connectivity index (χ4n) is 2.43. The van der Waals surface area contributed by atoms with Crippen LogP contribution in [0.5, 0.6) is 0 Å². The van der Waals surface area contributed by atoms with Crippen molar-refractivity contribution in [1.29, 1.82) is 0 Å². The summed E-state index contributed by atoms with van der Waals surface area (Å²) in [6.45, 7) is 1.27. The number of hydrogen-bond donors (Lipinski definition) is 2. The highest BCUT2D eigenvalue weighted by Gasteiger charge is 2.07. The molecule has 0 bridgehead atoms. The third-order valence-electron chi connectivity index (χ3n) is 4.02. The summed E-state index contributed by atoms with van der Waals surface area (Å²) < 4.78 is 0. The van der Waals surface area contributed by atoms with Crippen LogP contribution in [0.2, 0.25) is 0 Å². The molecule has 0 saturated heterocycles. The maximum absolute atomic E-state index is 11.9. The summed E-state index contributed by atoms with van der Waals surface area (Å²) in [5, 5.41) is 6.58. The zero-order chi connectivity index (χ0) is 19.8. The number of aliphatic imine (C=N–C) groups is 1. The van der Waals surface area contributed by atoms with Gasteiger partial charge in [-0.05, 0) is 35.4 Å². The molecule has 0 aliphatic rings. The molecule has 1 aromatic heterocycles. The van der Waals surface area contributed by atoms with Crippen LogP contribution in [-0.2, 0) is 13.1 Å². The number of hydrogen-bond acceptors (Lipinski definition) is 4. The minimum absolute atomic E-state index is 0.00132. The molecular formula is C20H28N6O. The molecule has 1 aromatic carbocycles. The molecule has 0 aliphatic carbocycles. The van der Waals surface area contributed by atoms with Crippen molar-refractivity contribution in [3.05, 3.63) is 59.3 Å². The Bertz CT molecular complexity index is 783. The third kappa shape index (κ3) is 5.99. The molecule has 2 aromatic rings. The third-order valence-corrected chi connectivity index (χ3v) is 4.02. The summed E-state index contributed by atoms with van der Waals surface area (Å²) in [7, 11) is 9.18. The van der Waals surface area contributed by atoms with Crippen molar-refractivity contribution >= 4 is 17.7 Å². The van der Waals surface area contributed by atoms with Crippen molar-refractivity contribution in [2.24, 2.45) is 4.99 Å². The second-order valence-electron chi connectivity index (χ2n) is 6.59. The highest BCUT2D eigenvalue weighted by Crippen LogP contribution is 2.09. The zero-order valence-electron chi connectivity index (χ0n) is 16.7. The first-order chi connectivity index (χ1) is 12.9. The lowest BCUT2D eigenvalue weighted by Gasteiger charge is -2.15. The zero-order valence-corrected chi connectivity index (χ0v) is 16.7. The van der Waals surface area contributed by atoms with Crippen molar-refractivity contribution < 1.29 is 4.79 Å². The summed E-state index contributed by atoms with van der Waals surface area (Å²) in [6, 6.07) is 11.6. The fourth-order valence-corrected chi connectivity index (χ4v) is 2.43. The molecule has 0 aliphatic heterocycles. The van der Waals surface area contributed by atoms with E-state index in [4.69, 9.17) is 0 Å². The molecule has 7 heteroatoms. The first-order valence-electron chi connectivity index (χ1n) is 8.78. The maximum Gasteiger partial charge on any atom is 0.253 e. The van der Waals surface area contributed by atoms with E-state index in [1.807, 2.05) is 55.4 Å². The average Bonchev–Trinajstić information content (AvgIpc) is 2.68. The number of nitrogens with one attached hydrogen (secondary N) is 2. The van der Waals surface area contributed by atoms with Gasteiger partial charge in [0.05, 0.1) is 0 Å². The van der Waals surface area contributed by atoms with Gasteiger partial charge in [-0.25, -0.2) is 4.98 Å². The van der Waals surface area contributed by atoms with E-state index in [2.05, 4.69) is 20.6 Å². The molecular weight excluding hydrogens is 340 g/mol. The smallest absolute Gasteiger partial charge is 0.253 e. The largest absolute Gasteiger partial charge is 0.363 e. The van der Waals surface area contributed by atoms with Crippen LogP contribution in [0.4, 0.5) is 5.82 Å². The van der Waals surface area contributed by atoms with E-state index in [9.17, 15) is 4.79 Å². The highest BCUT2D eigenvalue weighted by atomic mass is 16.2. The molecule has 0 saturated carbocycles. The van der Waals surface area contributed by atoms with E-state index in [-0.39, 0.29) is 5.91 Å². The van der Waals surface area contributed by atoms with Gasteiger partial charge in [-0.1, -0.05) is 12.1 Å². The number of nitrogens with zero attached hydrogens (tertiary/aromatic N) is 4. The summed E-state index contributed by atoms with van der Waals surface area (Å²) in [5.41, 5.74) is 2.89. The van der Waals surface area contributed by atoms with Gasteiger partial charge in [0.2, 0.25) is 0 Å². The van der Waals surface area contributed by atoms with Gasteiger partial charge >= 0.3 is 0 Å². The van der Waals surface area contributed by atoms with Crippen molar-refractivity contribution in [2.45, 2.75) is 13.1 Å². The number of benzene rings is 1. The fraction of sp³-hybridized carbons (Fsp3) is 0.350. The Labute approximate surface area is 161 Å². The maximum atomic E-state index is 11.9. The molecule has 0 unspecified atom stereocenters. The van der Waals surface area contributed by atoms with Gasteiger partial charge in [0, 0.05) is 60.1 Å². The summed E-state index contributed by atoms with van der Waals surface area (Å²) in [6.07, 6.45) is 1.80. The van der Waals surface area contributed by atoms with E-state index in [1.165, 1.54) is 0 Å². The van der Waals surface area contributed by atoms with Crippen LogP contribution in [-0.4, -0.2) is 57.0 Å². The van der Waals surface area contributed by atoms with Gasteiger partial charge in [0.15, 0.2) is 5.96 Å². The molecule has 0 fully saturated rings. The summed E-state index contributed by atoms with van der Waals surface area (Å²) in [4.78, 5) is 24.0. The van der Waals surface area contributed by atoms with Gasteiger partial charge in [0.1, 0.15) is 5.82 Å². The average molecular weight is 368 g/mol. The molecule has 0 atom stereocenters. The van der Waals surface area contributed by atoms with E-state index < -0.39 is 0 Å². The first-order valence-corrected chi connectivity index (χ1v) is 8.78. The minimum Gasteiger partial charge on any atom is -0.363 e. The van der Waals surface area contributed by atoms with E-state index in [0.29, 0.717) is 24.6 Å². The van der Waals surface area contributed by atoms with Gasteiger partial charge in [-0.2, -0.15) is 0 Å². The van der Waals surface area contributed by atoms with Gasteiger partial charge < -0.3 is 20.4 Å². The normalized spacial score (nSPS) is 11.1. The Morgan fingerprint density at radius 3 is 2.19 bits per heavy atom. The number of rotatable bonds is 6. The van der Waals surface area contributed by atoms with Gasteiger partial charge in [0.25, 0.3) is 5.91 Å². The lowest BCUT2D eigenvalue weighted by Crippen LogP contribution is -2.36. The molecule has 0 radical (unpaired) electrons. The first kappa shape index (κ1) is 20.2. The van der Waals surface area contributed by atoms with Crippen LogP contribution in [0.25, 0.3) is 0 Å². The minimum atomic E-state index is 0.00132. The molecule has 144 valence electrons.